The molecule has 0 atom stereocenters. The molecule has 0 aliphatic carbocycles. The van der Waals surface area contributed by atoms with Crippen LogP contribution >= 0.6 is 0 Å². The molecule has 3 aromatic carbocycles. The molecule has 1 aliphatic rings. The summed E-state index contributed by atoms with van der Waals surface area (Å²) in [4.78, 5) is 24.4. The minimum Gasteiger partial charge on any atom is -0.495 e. The number of halogens is 3. The van der Waals surface area contributed by atoms with Gasteiger partial charge < -0.3 is 24.8 Å². The molecule has 2 heterocycles. The van der Waals surface area contributed by atoms with Crippen LogP contribution < -0.4 is 20.1 Å². The van der Waals surface area contributed by atoms with Gasteiger partial charge in [-0.3, -0.25) is 4.90 Å². The fourth-order valence-electron chi connectivity index (χ4n) is 4.69. The van der Waals surface area contributed by atoms with E-state index in [1.54, 1.807) is 18.2 Å². The van der Waals surface area contributed by atoms with Gasteiger partial charge in [0.1, 0.15) is 17.3 Å². The van der Waals surface area contributed by atoms with Crippen LogP contribution in [-0.4, -0.2) is 60.9 Å². The summed E-state index contributed by atoms with van der Waals surface area (Å²) in [5, 5.41) is 6.55. The Hall–Kier alpha value is -4.42. The largest absolute Gasteiger partial charge is 0.495 e. The van der Waals surface area contributed by atoms with E-state index in [2.05, 4.69) is 25.5 Å². The smallest absolute Gasteiger partial charge is 0.416 e. The molecule has 5 rings (SSSR count). The molecular formula is C30H30F3N5O4. The van der Waals surface area contributed by atoms with Crippen molar-refractivity contribution < 1.29 is 32.2 Å². The minimum absolute atomic E-state index is 0.0937. The van der Waals surface area contributed by atoms with Crippen molar-refractivity contribution in [2.24, 2.45) is 0 Å². The Morgan fingerprint density at radius 3 is 2.40 bits per heavy atom. The average molecular weight is 582 g/mol. The van der Waals surface area contributed by atoms with E-state index in [-0.39, 0.29) is 11.4 Å². The van der Waals surface area contributed by atoms with Gasteiger partial charge >= 0.3 is 12.2 Å². The molecule has 0 bridgehead atoms. The minimum atomic E-state index is -4.57. The van der Waals surface area contributed by atoms with Crippen LogP contribution in [0.25, 0.3) is 10.8 Å². The SMILES string of the molecule is COc1ccc(C(F)(F)F)cc1NC(=O)Nc1ccc(Oc2cc(C)nc(CCN3CCOCC3)n2)c2ccccc12. The van der Waals surface area contributed by atoms with E-state index in [1.165, 1.54) is 7.11 Å². The number of anilines is 2. The maximum Gasteiger partial charge on any atom is 0.416 e. The van der Waals surface area contributed by atoms with Crippen molar-refractivity contribution in [3.8, 4) is 17.4 Å². The number of hydrogen-bond acceptors (Lipinski definition) is 7. The fraction of sp³-hybridized carbons (Fsp3) is 0.300. The highest BCUT2D eigenvalue weighted by atomic mass is 19.4. The number of aromatic nitrogens is 2. The number of rotatable bonds is 8. The molecular weight excluding hydrogens is 551 g/mol. The van der Waals surface area contributed by atoms with Gasteiger partial charge in [-0.1, -0.05) is 24.3 Å². The van der Waals surface area contributed by atoms with Crippen molar-refractivity contribution in [1.29, 1.82) is 0 Å². The molecule has 0 unspecified atom stereocenters. The molecule has 4 aromatic rings. The van der Waals surface area contributed by atoms with Crippen LogP contribution in [0.15, 0.2) is 60.7 Å². The number of nitrogens with one attached hydrogen (secondary N) is 2. The summed E-state index contributed by atoms with van der Waals surface area (Å²) < 4.78 is 56.4. The summed E-state index contributed by atoms with van der Waals surface area (Å²) in [7, 11) is 1.31. The van der Waals surface area contributed by atoms with Crippen molar-refractivity contribution in [2.75, 3.05) is 50.6 Å². The molecule has 1 aromatic heterocycles. The van der Waals surface area contributed by atoms with Crippen molar-refractivity contribution in [3.63, 3.8) is 0 Å². The third kappa shape index (κ3) is 7.07. The van der Waals surface area contributed by atoms with Crippen LogP contribution in [0.5, 0.6) is 17.4 Å². The van der Waals surface area contributed by atoms with Gasteiger partial charge in [0.25, 0.3) is 0 Å². The summed E-state index contributed by atoms with van der Waals surface area (Å²) in [6.07, 6.45) is -3.90. The Morgan fingerprint density at radius 2 is 1.67 bits per heavy atom. The highest BCUT2D eigenvalue weighted by Crippen LogP contribution is 2.36. The van der Waals surface area contributed by atoms with Crippen LogP contribution in [0.3, 0.4) is 0 Å². The van der Waals surface area contributed by atoms with Gasteiger partial charge in [-0.15, -0.1) is 0 Å². The van der Waals surface area contributed by atoms with Gasteiger partial charge in [0.15, 0.2) is 0 Å². The zero-order chi connectivity index (χ0) is 29.7. The monoisotopic (exact) mass is 581 g/mol. The van der Waals surface area contributed by atoms with Gasteiger partial charge in [-0.05, 0) is 37.3 Å². The van der Waals surface area contributed by atoms with E-state index >= 15 is 0 Å². The Kier molecular flexibility index (Phi) is 8.74. The predicted octanol–water partition coefficient (Wildman–Crippen LogP) is 6.28. The third-order valence-electron chi connectivity index (χ3n) is 6.75. The third-order valence-corrected chi connectivity index (χ3v) is 6.75. The molecule has 1 saturated heterocycles. The number of alkyl halides is 3. The summed E-state index contributed by atoms with van der Waals surface area (Å²) in [5.41, 5.74) is 0.195. The first-order valence-corrected chi connectivity index (χ1v) is 13.4. The maximum atomic E-state index is 13.2. The van der Waals surface area contributed by atoms with Crippen molar-refractivity contribution in [1.82, 2.24) is 14.9 Å². The molecule has 0 spiro atoms. The van der Waals surface area contributed by atoms with E-state index in [9.17, 15) is 18.0 Å². The van der Waals surface area contributed by atoms with Crippen LogP contribution in [0.2, 0.25) is 0 Å². The number of carbonyl (C=O) groups excluding carboxylic acids is 1. The van der Waals surface area contributed by atoms with Gasteiger partial charge in [-0.2, -0.15) is 18.2 Å². The van der Waals surface area contributed by atoms with E-state index < -0.39 is 17.8 Å². The number of hydrogen-bond donors (Lipinski definition) is 2. The lowest BCUT2D eigenvalue weighted by Crippen LogP contribution is -2.37. The molecule has 42 heavy (non-hydrogen) atoms. The second-order valence-corrected chi connectivity index (χ2v) is 9.72. The Balaban J connectivity index is 1.33. The van der Waals surface area contributed by atoms with Gasteiger partial charge in [0, 0.05) is 48.6 Å². The highest BCUT2D eigenvalue weighted by molar-refractivity contribution is 6.08. The predicted molar refractivity (Wildman–Crippen MR) is 152 cm³/mol. The van der Waals surface area contributed by atoms with Gasteiger partial charge in [-0.25, -0.2) is 9.78 Å². The fourth-order valence-corrected chi connectivity index (χ4v) is 4.69. The summed E-state index contributed by atoms with van der Waals surface area (Å²) in [6, 6.07) is 14.6. The topological polar surface area (TPSA) is 97.8 Å². The molecule has 0 radical (unpaired) electrons. The van der Waals surface area contributed by atoms with Crippen LogP contribution in [0, 0.1) is 6.92 Å². The van der Waals surface area contributed by atoms with Crippen LogP contribution in [0.4, 0.5) is 29.3 Å². The maximum absolute atomic E-state index is 13.2. The lowest BCUT2D eigenvalue weighted by atomic mass is 10.1. The number of methoxy groups -OCH3 is 1. The molecule has 2 N–H and O–H groups in total. The first kappa shape index (κ1) is 29.1. The second-order valence-electron chi connectivity index (χ2n) is 9.72. The van der Waals surface area contributed by atoms with Gasteiger partial charge in [0.05, 0.1) is 37.3 Å². The number of carbonyl (C=O) groups is 1. The second kappa shape index (κ2) is 12.6. The van der Waals surface area contributed by atoms with E-state index in [0.717, 1.165) is 56.7 Å². The summed E-state index contributed by atoms with van der Waals surface area (Å²) in [5.74, 6) is 1.70. The van der Waals surface area contributed by atoms with Gasteiger partial charge in [0.2, 0.25) is 5.88 Å². The summed E-state index contributed by atoms with van der Waals surface area (Å²) in [6.45, 7) is 5.92. The molecule has 12 heteroatoms. The molecule has 220 valence electrons. The number of benzene rings is 3. The van der Waals surface area contributed by atoms with Crippen molar-refractivity contribution in [3.05, 3.63) is 77.7 Å². The Bertz CT molecular complexity index is 1570. The molecule has 1 fully saturated rings. The van der Waals surface area contributed by atoms with E-state index in [1.807, 2.05) is 31.2 Å². The van der Waals surface area contributed by atoms with Crippen molar-refractivity contribution in [2.45, 2.75) is 19.5 Å². The normalized spacial score (nSPS) is 14.0. The quantitative estimate of drug-likeness (QED) is 0.253. The number of morpholine rings is 1. The number of amides is 2. The number of fused-ring (bicyclic) bond motifs is 1. The zero-order valence-corrected chi connectivity index (χ0v) is 23.1. The molecule has 1 aliphatic heterocycles. The molecule has 0 saturated carbocycles. The average Bonchev–Trinajstić information content (AvgIpc) is 2.97. The first-order chi connectivity index (χ1) is 20.2. The Morgan fingerprint density at radius 1 is 0.952 bits per heavy atom. The standard InChI is InChI=1S/C30H30F3N5O4/c1-19-17-28(37-27(34-19)11-12-38-13-15-41-16-14-38)42-25-10-8-23(21-5-3-4-6-22(21)25)35-29(39)36-24-18-20(30(31,32)33)7-9-26(24)40-2/h3-10,17-18H,11-16H2,1-2H3,(H2,35,36,39). The number of ether oxygens (including phenoxy) is 3. The Labute approximate surface area is 240 Å². The zero-order valence-electron chi connectivity index (χ0n) is 23.1. The summed E-state index contributed by atoms with van der Waals surface area (Å²) >= 11 is 0. The molecule has 9 nitrogen and oxygen atoms in total. The number of urea groups is 1. The van der Waals surface area contributed by atoms with Crippen LogP contribution in [0.1, 0.15) is 17.1 Å². The lowest BCUT2D eigenvalue weighted by Gasteiger charge is -2.26. The highest BCUT2D eigenvalue weighted by Gasteiger charge is 2.31. The number of aryl methyl sites for hydroxylation is 1. The number of nitrogens with zero attached hydrogens (tertiary/aromatic N) is 3. The van der Waals surface area contributed by atoms with E-state index in [4.69, 9.17) is 14.2 Å². The molecule has 2 amide bonds. The lowest BCUT2D eigenvalue weighted by molar-refractivity contribution is -0.137. The first-order valence-electron chi connectivity index (χ1n) is 13.4. The van der Waals surface area contributed by atoms with Crippen LogP contribution in [-0.2, 0) is 17.3 Å². The van der Waals surface area contributed by atoms with E-state index in [0.29, 0.717) is 40.3 Å². The van der Waals surface area contributed by atoms with Crippen molar-refractivity contribution >= 4 is 28.2 Å².